The highest BCUT2D eigenvalue weighted by Crippen LogP contribution is 2.28. The van der Waals surface area contributed by atoms with Crippen LogP contribution in [-0.2, 0) is 11.3 Å². The van der Waals surface area contributed by atoms with Gasteiger partial charge in [0.25, 0.3) is 5.91 Å². The molecule has 5 rings (SSSR count). The van der Waals surface area contributed by atoms with Gasteiger partial charge >= 0.3 is 0 Å². The van der Waals surface area contributed by atoms with Gasteiger partial charge in [-0.25, -0.2) is 9.67 Å². The molecule has 0 spiro atoms. The van der Waals surface area contributed by atoms with Crippen LogP contribution in [0.15, 0.2) is 67.0 Å². The minimum Gasteiger partial charge on any atom is -0.497 e. The van der Waals surface area contributed by atoms with Gasteiger partial charge in [-0.15, -0.1) is 0 Å². The zero-order chi connectivity index (χ0) is 24.4. The number of carbonyl (C=O) groups is 1. The van der Waals surface area contributed by atoms with Crippen molar-refractivity contribution < 1.29 is 19.0 Å². The van der Waals surface area contributed by atoms with E-state index in [9.17, 15) is 4.79 Å². The Morgan fingerprint density at radius 1 is 1.06 bits per heavy atom. The summed E-state index contributed by atoms with van der Waals surface area (Å²) in [6.45, 7) is 3.52. The van der Waals surface area contributed by atoms with Crippen LogP contribution in [0.4, 0.5) is 0 Å². The third-order valence-electron chi connectivity index (χ3n) is 6.26. The molecule has 0 N–H and O–H groups in total. The van der Waals surface area contributed by atoms with Gasteiger partial charge in [-0.3, -0.25) is 4.79 Å². The Labute approximate surface area is 204 Å². The van der Waals surface area contributed by atoms with Crippen LogP contribution < -0.4 is 9.47 Å². The van der Waals surface area contributed by atoms with E-state index < -0.39 is 0 Å². The van der Waals surface area contributed by atoms with Crippen LogP contribution >= 0.6 is 0 Å². The monoisotopic (exact) mass is 472 g/mol. The van der Waals surface area contributed by atoms with Crippen molar-refractivity contribution in [3.8, 4) is 11.5 Å². The second-order valence-electron chi connectivity index (χ2n) is 8.67. The summed E-state index contributed by atoms with van der Waals surface area (Å²) in [5.74, 6) is 1.39. The fourth-order valence-corrected chi connectivity index (χ4v) is 4.50. The number of methoxy groups -OCH3 is 2. The zero-order valence-electron chi connectivity index (χ0n) is 20.0. The van der Waals surface area contributed by atoms with Crippen LogP contribution in [0.25, 0.3) is 11.0 Å². The van der Waals surface area contributed by atoms with Gasteiger partial charge in [0.1, 0.15) is 17.6 Å². The molecule has 3 heterocycles. The Hall–Kier alpha value is -3.91. The van der Waals surface area contributed by atoms with Crippen LogP contribution in [-0.4, -0.2) is 59.0 Å². The molecule has 2 unspecified atom stereocenters. The molecule has 4 aromatic rings. The third-order valence-corrected chi connectivity index (χ3v) is 6.26. The van der Waals surface area contributed by atoms with E-state index in [1.165, 1.54) is 0 Å². The van der Waals surface area contributed by atoms with Crippen molar-refractivity contribution in [2.24, 2.45) is 0 Å². The van der Waals surface area contributed by atoms with Gasteiger partial charge in [0, 0.05) is 29.8 Å². The smallest absolute Gasteiger partial charge is 0.255 e. The molecule has 8 nitrogen and oxygen atoms in total. The number of carbonyl (C=O) groups excluding carboxylic acids is 1. The van der Waals surface area contributed by atoms with Gasteiger partial charge in [-0.2, -0.15) is 5.10 Å². The average Bonchev–Trinajstić information content (AvgIpc) is 3.30. The molecule has 1 amide bonds. The van der Waals surface area contributed by atoms with Gasteiger partial charge in [0.2, 0.25) is 0 Å². The largest absolute Gasteiger partial charge is 0.497 e. The summed E-state index contributed by atoms with van der Waals surface area (Å²) in [6, 6.07) is 17.6. The number of morpholine rings is 1. The minimum absolute atomic E-state index is 0.0555. The molecule has 0 radical (unpaired) electrons. The highest BCUT2D eigenvalue weighted by atomic mass is 16.5. The van der Waals surface area contributed by atoms with Gasteiger partial charge < -0.3 is 19.1 Å². The Morgan fingerprint density at radius 2 is 1.89 bits per heavy atom. The second kappa shape index (κ2) is 9.76. The lowest BCUT2D eigenvalue weighted by molar-refractivity contribution is -0.0691. The summed E-state index contributed by atoms with van der Waals surface area (Å²) in [7, 11) is 3.25. The quantitative estimate of drug-likeness (QED) is 0.421. The fraction of sp³-hybridized carbons (Fsp3) is 0.296. The van der Waals surface area contributed by atoms with E-state index >= 15 is 0 Å². The SMILES string of the molecule is COc1ccc(Cn2ncc3cc(C(=O)N4CC(C)OC(c5ccccc5)C4)cnc32)c(OC)c1. The average molecular weight is 473 g/mol. The van der Waals surface area contributed by atoms with Gasteiger partial charge in [0.15, 0.2) is 5.65 Å². The number of aromatic nitrogens is 3. The molecule has 0 saturated carbocycles. The molecule has 1 aliphatic rings. The molecule has 2 aromatic heterocycles. The van der Waals surface area contributed by atoms with E-state index in [2.05, 4.69) is 10.1 Å². The molecule has 2 atom stereocenters. The van der Waals surface area contributed by atoms with E-state index in [1.807, 2.05) is 66.4 Å². The molecule has 35 heavy (non-hydrogen) atoms. The van der Waals surface area contributed by atoms with Crippen LogP contribution in [0.3, 0.4) is 0 Å². The van der Waals surface area contributed by atoms with Gasteiger partial charge in [0.05, 0.1) is 45.2 Å². The number of amides is 1. The highest BCUT2D eigenvalue weighted by molar-refractivity contribution is 5.97. The van der Waals surface area contributed by atoms with Crippen molar-refractivity contribution in [2.75, 3.05) is 27.3 Å². The maximum absolute atomic E-state index is 13.4. The summed E-state index contributed by atoms with van der Waals surface area (Å²) < 4.78 is 18.7. The van der Waals surface area contributed by atoms with Crippen molar-refractivity contribution in [2.45, 2.75) is 25.7 Å². The molecule has 180 valence electrons. The summed E-state index contributed by atoms with van der Waals surface area (Å²) in [6.07, 6.45) is 3.16. The van der Waals surface area contributed by atoms with E-state index in [0.29, 0.717) is 36.6 Å². The van der Waals surface area contributed by atoms with Crippen LogP contribution in [0.1, 0.15) is 34.5 Å². The van der Waals surface area contributed by atoms with Gasteiger partial charge in [-0.05, 0) is 30.7 Å². The maximum Gasteiger partial charge on any atom is 0.255 e. The molecule has 0 bridgehead atoms. The van der Waals surface area contributed by atoms with Crippen molar-refractivity contribution >= 4 is 16.9 Å². The molecule has 0 aliphatic carbocycles. The number of rotatable bonds is 6. The lowest BCUT2D eigenvalue weighted by Crippen LogP contribution is -2.46. The Balaban J connectivity index is 1.36. The predicted octanol–water partition coefficient (Wildman–Crippen LogP) is 4.10. The number of nitrogens with zero attached hydrogens (tertiary/aromatic N) is 4. The fourth-order valence-electron chi connectivity index (χ4n) is 4.50. The summed E-state index contributed by atoms with van der Waals surface area (Å²) in [4.78, 5) is 19.8. The third kappa shape index (κ3) is 4.70. The van der Waals surface area contributed by atoms with Crippen molar-refractivity contribution in [1.29, 1.82) is 0 Å². The van der Waals surface area contributed by atoms with Crippen LogP contribution in [0.5, 0.6) is 11.5 Å². The zero-order valence-corrected chi connectivity index (χ0v) is 20.0. The van der Waals surface area contributed by atoms with E-state index in [1.54, 1.807) is 31.3 Å². The number of fused-ring (bicyclic) bond motifs is 1. The van der Waals surface area contributed by atoms with Crippen molar-refractivity contribution in [3.63, 3.8) is 0 Å². The first-order valence-corrected chi connectivity index (χ1v) is 11.6. The predicted molar refractivity (Wildman–Crippen MR) is 132 cm³/mol. The Kier molecular flexibility index (Phi) is 6.37. The minimum atomic E-state index is -0.150. The molecule has 8 heteroatoms. The number of benzene rings is 2. The molecule has 1 aliphatic heterocycles. The summed E-state index contributed by atoms with van der Waals surface area (Å²) in [5.41, 5.74) is 3.27. The highest BCUT2D eigenvalue weighted by Gasteiger charge is 2.30. The van der Waals surface area contributed by atoms with Crippen molar-refractivity contribution in [1.82, 2.24) is 19.7 Å². The molecule has 2 aromatic carbocycles. The van der Waals surface area contributed by atoms with Gasteiger partial charge in [-0.1, -0.05) is 30.3 Å². The number of pyridine rings is 1. The normalized spacial score (nSPS) is 18.0. The summed E-state index contributed by atoms with van der Waals surface area (Å²) in [5, 5.41) is 5.32. The molecule has 1 saturated heterocycles. The van der Waals surface area contributed by atoms with Crippen LogP contribution in [0, 0.1) is 0 Å². The first-order valence-electron chi connectivity index (χ1n) is 11.6. The topological polar surface area (TPSA) is 78.7 Å². The molecular formula is C27H28N4O4. The Morgan fingerprint density at radius 3 is 2.66 bits per heavy atom. The number of hydrogen-bond donors (Lipinski definition) is 0. The Bertz CT molecular complexity index is 1340. The van der Waals surface area contributed by atoms with E-state index in [0.717, 1.165) is 22.3 Å². The van der Waals surface area contributed by atoms with E-state index in [4.69, 9.17) is 14.2 Å². The number of ether oxygens (including phenoxy) is 3. The number of hydrogen-bond acceptors (Lipinski definition) is 6. The molecular weight excluding hydrogens is 444 g/mol. The second-order valence-corrected chi connectivity index (χ2v) is 8.67. The lowest BCUT2D eigenvalue weighted by atomic mass is 10.1. The maximum atomic E-state index is 13.4. The first-order chi connectivity index (χ1) is 17.1. The van der Waals surface area contributed by atoms with Crippen LogP contribution in [0.2, 0.25) is 0 Å². The summed E-state index contributed by atoms with van der Waals surface area (Å²) >= 11 is 0. The first kappa shape index (κ1) is 22.9. The standard InChI is InChI=1S/C27H28N4O4/c1-18-15-30(17-25(35-18)19-7-5-4-6-8-19)27(32)22-11-21-14-29-31(26(21)28-13-22)16-20-9-10-23(33-2)12-24(20)34-3/h4-14,18,25H,15-17H2,1-3H3. The van der Waals surface area contributed by atoms with Crippen molar-refractivity contribution in [3.05, 3.63) is 83.7 Å². The van der Waals surface area contributed by atoms with E-state index in [-0.39, 0.29) is 18.1 Å². The lowest BCUT2D eigenvalue weighted by Gasteiger charge is -2.37. The molecule has 1 fully saturated rings.